The van der Waals surface area contributed by atoms with E-state index in [1.165, 1.54) is 5.39 Å². The molecule has 2 aromatic carbocycles. The van der Waals surface area contributed by atoms with Gasteiger partial charge in [0.2, 0.25) is 0 Å². The van der Waals surface area contributed by atoms with E-state index in [4.69, 9.17) is 10.5 Å². The van der Waals surface area contributed by atoms with Crippen molar-refractivity contribution >= 4 is 10.8 Å². The van der Waals surface area contributed by atoms with E-state index in [-0.39, 0.29) is 6.17 Å². The van der Waals surface area contributed by atoms with Crippen molar-refractivity contribution in [2.24, 2.45) is 5.73 Å². The molecule has 0 amide bonds. The van der Waals surface area contributed by atoms with Crippen LogP contribution in [0, 0.1) is 0 Å². The smallest absolute Gasteiger partial charge is 0.119 e. The largest absolute Gasteiger partial charge is 0.497 e. The Hall–Kier alpha value is -1.58. The lowest BCUT2D eigenvalue weighted by Gasteiger charge is -2.11. The van der Waals surface area contributed by atoms with Crippen molar-refractivity contribution in [3.05, 3.63) is 42.0 Å². The van der Waals surface area contributed by atoms with E-state index in [0.717, 1.165) is 16.7 Å². The van der Waals surface area contributed by atoms with E-state index in [9.17, 15) is 0 Å². The Bertz CT molecular complexity index is 496. The SMILES string of the molecule is CNC(N)c1ccc2cc(OC)ccc2c1. The molecule has 0 bridgehead atoms. The Morgan fingerprint density at radius 3 is 2.50 bits per heavy atom. The van der Waals surface area contributed by atoms with E-state index < -0.39 is 0 Å². The van der Waals surface area contributed by atoms with Crippen molar-refractivity contribution < 1.29 is 4.74 Å². The second-order valence-corrected chi connectivity index (χ2v) is 3.74. The molecule has 3 nitrogen and oxygen atoms in total. The van der Waals surface area contributed by atoms with Gasteiger partial charge in [-0.15, -0.1) is 0 Å². The highest BCUT2D eigenvalue weighted by atomic mass is 16.5. The summed E-state index contributed by atoms with van der Waals surface area (Å²) in [6.45, 7) is 0. The zero-order chi connectivity index (χ0) is 11.5. The monoisotopic (exact) mass is 216 g/mol. The van der Waals surface area contributed by atoms with Crippen LogP contribution in [0.2, 0.25) is 0 Å². The molecule has 3 N–H and O–H groups in total. The van der Waals surface area contributed by atoms with Gasteiger partial charge in [-0.1, -0.05) is 18.2 Å². The van der Waals surface area contributed by atoms with Crippen molar-refractivity contribution in [3.8, 4) is 5.75 Å². The van der Waals surface area contributed by atoms with Crippen LogP contribution in [0.3, 0.4) is 0 Å². The predicted molar refractivity (Wildman–Crippen MR) is 66.5 cm³/mol. The molecule has 1 atom stereocenters. The topological polar surface area (TPSA) is 47.3 Å². The van der Waals surface area contributed by atoms with Crippen LogP contribution >= 0.6 is 0 Å². The molecule has 0 spiro atoms. The molecule has 2 aromatic rings. The maximum atomic E-state index is 5.91. The lowest BCUT2D eigenvalue weighted by Crippen LogP contribution is -2.24. The number of rotatable bonds is 3. The average Bonchev–Trinajstić information content (AvgIpc) is 2.36. The molecule has 0 saturated heterocycles. The minimum Gasteiger partial charge on any atom is -0.497 e. The highest BCUT2D eigenvalue weighted by Crippen LogP contribution is 2.23. The number of hydrogen-bond donors (Lipinski definition) is 2. The maximum Gasteiger partial charge on any atom is 0.119 e. The zero-order valence-electron chi connectivity index (χ0n) is 9.53. The Morgan fingerprint density at radius 1 is 1.12 bits per heavy atom. The molecule has 0 radical (unpaired) electrons. The summed E-state index contributed by atoms with van der Waals surface area (Å²) in [6.07, 6.45) is -0.119. The molecule has 84 valence electrons. The van der Waals surface area contributed by atoms with Gasteiger partial charge in [-0.3, -0.25) is 0 Å². The average molecular weight is 216 g/mol. The zero-order valence-corrected chi connectivity index (χ0v) is 9.53. The van der Waals surface area contributed by atoms with Gasteiger partial charge in [0.05, 0.1) is 13.3 Å². The first-order valence-electron chi connectivity index (χ1n) is 5.25. The molecule has 16 heavy (non-hydrogen) atoms. The van der Waals surface area contributed by atoms with Gasteiger partial charge in [-0.25, -0.2) is 0 Å². The molecule has 0 aromatic heterocycles. The second kappa shape index (κ2) is 4.51. The highest BCUT2D eigenvalue weighted by Gasteiger charge is 2.04. The van der Waals surface area contributed by atoms with Gasteiger partial charge in [0.1, 0.15) is 5.75 Å². The van der Waals surface area contributed by atoms with Gasteiger partial charge >= 0.3 is 0 Å². The first-order chi connectivity index (χ1) is 7.74. The normalized spacial score (nSPS) is 12.7. The third kappa shape index (κ3) is 2.01. The predicted octanol–water partition coefficient (Wildman–Crippen LogP) is 2.03. The molecule has 0 aliphatic carbocycles. The van der Waals surface area contributed by atoms with Crippen LogP contribution in [0.15, 0.2) is 36.4 Å². The first kappa shape index (κ1) is 10.9. The van der Waals surface area contributed by atoms with Crippen molar-refractivity contribution in [2.45, 2.75) is 6.17 Å². The summed E-state index contributed by atoms with van der Waals surface area (Å²) in [5.74, 6) is 0.873. The summed E-state index contributed by atoms with van der Waals surface area (Å²) in [5, 5.41) is 5.35. The minimum absolute atomic E-state index is 0.119. The molecule has 0 aliphatic rings. The summed E-state index contributed by atoms with van der Waals surface area (Å²) in [7, 11) is 3.52. The van der Waals surface area contributed by atoms with Crippen LogP contribution in [-0.4, -0.2) is 14.2 Å². The van der Waals surface area contributed by atoms with Crippen molar-refractivity contribution in [2.75, 3.05) is 14.2 Å². The summed E-state index contributed by atoms with van der Waals surface area (Å²) in [6, 6.07) is 12.2. The number of methoxy groups -OCH3 is 1. The number of nitrogens with one attached hydrogen (secondary N) is 1. The first-order valence-corrected chi connectivity index (χ1v) is 5.25. The van der Waals surface area contributed by atoms with Gasteiger partial charge in [-0.2, -0.15) is 0 Å². The lowest BCUT2D eigenvalue weighted by molar-refractivity contribution is 0.415. The third-order valence-corrected chi connectivity index (χ3v) is 2.74. The minimum atomic E-state index is -0.119. The molecule has 3 heteroatoms. The van der Waals surface area contributed by atoms with E-state index in [1.807, 2.05) is 31.3 Å². The molecular weight excluding hydrogens is 200 g/mol. The third-order valence-electron chi connectivity index (χ3n) is 2.74. The summed E-state index contributed by atoms with van der Waals surface area (Å²) in [5.41, 5.74) is 6.99. The van der Waals surface area contributed by atoms with Crippen LogP contribution in [-0.2, 0) is 0 Å². The Labute approximate surface area is 95.2 Å². The summed E-state index contributed by atoms with van der Waals surface area (Å²) < 4.78 is 5.18. The lowest BCUT2D eigenvalue weighted by atomic mass is 10.1. The number of benzene rings is 2. The Kier molecular flexibility index (Phi) is 3.08. The molecule has 0 fully saturated rings. The van der Waals surface area contributed by atoms with Crippen LogP contribution in [0.4, 0.5) is 0 Å². The van der Waals surface area contributed by atoms with E-state index in [1.54, 1.807) is 7.11 Å². The van der Waals surface area contributed by atoms with E-state index in [2.05, 4.69) is 17.4 Å². The van der Waals surface area contributed by atoms with Gasteiger partial charge < -0.3 is 15.8 Å². The Balaban J connectivity index is 2.47. The molecule has 2 rings (SSSR count). The number of fused-ring (bicyclic) bond motifs is 1. The second-order valence-electron chi connectivity index (χ2n) is 3.74. The summed E-state index contributed by atoms with van der Waals surface area (Å²) >= 11 is 0. The van der Waals surface area contributed by atoms with Crippen molar-refractivity contribution in [1.29, 1.82) is 0 Å². The summed E-state index contributed by atoms with van der Waals surface area (Å²) in [4.78, 5) is 0. The van der Waals surface area contributed by atoms with E-state index in [0.29, 0.717) is 0 Å². The van der Waals surface area contributed by atoms with Crippen LogP contribution < -0.4 is 15.8 Å². The van der Waals surface area contributed by atoms with Crippen LogP contribution in [0.5, 0.6) is 5.75 Å². The number of nitrogens with two attached hydrogens (primary N) is 1. The molecule has 1 unspecified atom stereocenters. The fourth-order valence-electron chi connectivity index (χ4n) is 1.73. The maximum absolute atomic E-state index is 5.91. The molecule has 0 saturated carbocycles. The van der Waals surface area contributed by atoms with Crippen molar-refractivity contribution in [3.63, 3.8) is 0 Å². The fourth-order valence-corrected chi connectivity index (χ4v) is 1.73. The van der Waals surface area contributed by atoms with Gasteiger partial charge in [0.25, 0.3) is 0 Å². The van der Waals surface area contributed by atoms with Gasteiger partial charge in [-0.05, 0) is 41.6 Å². The molecule has 0 aliphatic heterocycles. The van der Waals surface area contributed by atoms with Crippen LogP contribution in [0.25, 0.3) is 10.8 Å². The van der Waals surface area contributed by atoms with Crippen molar-refractivity contribution in [1.82, 2.24) is 5.32 Å². The standard InChI is InChI=1S/C13H16N2O/c1-15-13(14)11-4-3-10-8-12(16-2)6-5-9(10)7-11/h3-8,13,15H,14H2,1-2H3. The molecule has 0 heterocycles. The Morgan fingerprint density at radius 2 is 1.81 bits per heavy atom. The van der Waals surface area contributed by atoms with Gasteiger partial charge in [0.15, 0.2) is 0 Å². The number of hydrogen-bond acceptors (Lipinski definition) is 3. The highest BCUT2D eigenvalue weighted by molar-refractivity contribution is 5.84. The fraction of sp³-hybridized carbons (Fsp3) is 0.231. The molecular formula is C13H16N2O. The van der Waals surface area contributed by atoms with Gasteiger partial charge in [0, 0.05) is 0 Å². The van der Waals surface area contributed by atoms with Crippen LogP contribution in [0.1, 0.15) is 11.7 Å². The van der Waals surface area contributed by atoms with E-state index >= 15 is 0 Å². The number of ether oxygens (including phenoxy) is 1. The quantitative estimate of drug-likeness (QED) is 0.772.